The summed E-state index contributed by atoms with van der Waals surface area (Å²) in [6.07, 6.45) is 0. The van der Waals surface area contributed by atoms with Gasteiger partial charge >= 0.3 is 0 Å². The largest absolute Gasteiger partial charge is 0.383 e. The van der Waals surface area contributed by atoms with Crippen molar-refractivity contribution in [2.75, 3.05) is 20.3 Å². The van der Waals surface area contributed by atoms with E-state index in [1.807, 2.05) is 0 Å². The van der Waals surface area contributed by atoms with E-state index >= 15 is 0 Å². The van der Waals surface area contributed by atoms with Crippen molar-refractivity contribution in [2.45, 2.75) is 13.0 Å². The van der Waals surface area contributed by atoms with E-state index in [0.717, 1.165) is 0 Å². The van der Waals surface area contributed by atoms with Crippen molar-refractivity contribution < 1.29 is 27.5 Å². The molecule has 0 aromatic heterocycles. The average Bonchev–Trinajstić information content (AvgIpc) is 2.44. The molecule has 1 rings (SSSR count). The lowest BCUT2D eigenvalue weighted by Crippen LogP contribution is -2.45. The van der Waals surface area contributed by atoms with E-state index in [9.17, 15) is 22.8 Å². The van der Waals surface area contributed by atoms with Crippen LogP contribution in [0, 0.1) is 17.5 Å². The lowest BCUT2D eigenvalue weighted by molar-refractivity contribution is -0.122. The molecule has 5 nitrogen and oxygen atoms in total. The van der Waals surface area contributed by atoms with Crippen LogP contribution in [0.5, 0.6) is 0 Å². The van der Waals surface area contributed by atoms with Gasteiger partial charge in [-0.05, 0) is 19.1 Å². The zero-order chi connectivity index (χ0) is 16.0. The molecule has 0 heterocycles. The first-order valence-corrected chi connectivity index (χ1v) is 6.09. The Balaban J connectivity index is 2.66. The number of benzene rings is 1. The summed E-state index contributed by atoms with van der Waals surface area (Å²) in [4.78, 5) is 23.3. The Bertz CT molecular complexity index is 514. The summed E-state index contributed by atoms with van der Waals surface area (Å²) in [5.41, 5.74) is -0.414. The predicted molar refractivity (Wildman–Crippen MR) is 68.1 cm³/mol. The Hall–Kier alpha value is -2.09. The normalized spacial score (nSPS) is 11.9. The van der Waals surface area contributed by atoms with Gasteiger partial charge in [0, 0.05) is 19.2 Å². The van der Waals surface area contributed by atoms with E-state index in [1.54, 1.807) is 0 Å². The van der Waals surface area contributed by atoms with Gasteiger partial charge < -0.3 is 15.4 Å². The molecule has 0 aliphatic heterocycles. The van der Waals surface area contributed by atoms with Crippen LogP contribution in [0.2, 0.25) is 0 Å². The minimum Gasteiger partial charge on any atom is -0.383 e. The smallest absolute Gasteiger partial charge is 0.252 e. The quantitative estimate of drug-likeness (QED) is 0.608. The molecular formula is C13H15F3N2O3. The van der Waals surface area contributed by atoms with E-state index in [2.05, 4.69) is 10.6 Å². The van der Waals surface area contributed by atoms with Gasteiger partial charge in [-0.15, -0.1) is 0 Å². The number of halogens is 3. The highest BCUT2D eigenvalue weighted by atomic mass is 19.2. The van der Waals surface area contributed by atoms with Gasteiger partial charge in [-0.2, -0.15) is 0 Å². The monoisotopic (exact) mass is 304 g/mol. The number of hydrogen-bond acceptors (Lipinski definition) is 3. The van der Waals surface area contributed by atoms with Crippen LogP contribution in [-0.2, 0) is 9.53 Å². The zero-order valence-corrected chi connectivity index (χ0v) is 11.5. The fourth-order valence-electron chi connectivity index (χ4n) is 1.46. The van der Waals surface area contributed by atoms with Crippen molar-refractivity contribution in [3.05, 3.63) is 35.1 Å². The molecule has 2 N–H and O–H groups in total. The van der Waals surface area contributed by atoms with Crippen LogP contribution in [0.15, 0.2) is 12.1 Å². The van der Waals surface area contributed by atoms with Crippen LogP contribution in [0.25, 0.3) is 0 Å². The summed E-state index contributed by atoms with van der Waals surface area (Å²) in [6, 6.07) is 0.192. The molecule has 0 saturated heterocycles. The third kappa shape index (κ3) is 4.75. The van der Waals surface area contributed by atoms with Crippen LogP contribution in [0.1, 0.15) is 17.3 Å². The second kappa shape index (κ2) is 7.63. The first-order valence-electron chi connectivity index (χ1n) is 6.09. The Morgan fingerprint density at radius 2 is 1.81 bits per heavy atom. The van der Waals surface area contributed by atoms with E-state index in [0.29, 0.717) is 18.7 Å². The second-order valence-electron chi connectivity index (χ2n) is 4.23. The number of carbonyl (C=O) groups is 2. The summed E-state index contributed by atoms with van der Waals surface area (Å²) in [7, 11) is 1.47. The molecule has 21 heavy (non-hydrogen) atoms. The summed E-state index contributed by atoms with van der Waals surface area (Å²) in [5, 5.41) is 4.73. The SMILES string of the molecule is COCCNC(=O)C(C)NC(=O)c1cc(F)c(F)c(F)c1. The summed E-state index contributed by atoms with van der Waals surface area (Å²) < 4.78 is 43.5. The number of hydrogen-bond donors (Lipinski definition) is 2. The maximum Gasteiger partial charge on any atom is 0.252 e. The van der Waals surface area contributed by atoms with Crippen molar-refractivity contribution in [1.82, 2.24) is 10.6 Å². The molecule has 1 unspecified atom stereocenters. The third-order valence-electron chi connectivity index (χ3n) is 2.59. The summed E-state index contributed by atoms with van der Waals surface area (Å²) >= 11 is 0. The predicted octanol–water partition coefficient (Wildman–Crippen LogP) is 0.985. The molecule has 0 aliphatic rings. The second-order valence-corrected chi connectivity index (χ2v) is 4.23. The standard InChI is InChI=1S/C13H15F3N2O3/c1-7(12(19)17-3-4-21-2)18-13(20)8-5-9(14)11(16)10(15)6-8/h5-7H,3-4H2,1-2H3,(H,17,19)(H,18,20). The van der Waals surface area contributed by atoms with Crippen LogP contribution in [0.4, 0.5) is 13.2 Å². The molecular weight excluding hydrogens is 289 g/mol. The topological polar surface area (TPSA) is 67.4 Å². The molecule has 0 bridgehead atoms. The number of ether oxygens (including phenoxy) is 1. The molecule has 0 saturated carbocycles. The fraction of sp³-hybridized carbons (Fsp3) is 0.385. The number of rotatable bonds is 6. The van der Waals surface area contributed by atoms with E-state index in [4.69, 9.17) is 4.74 Å². The van der Waals surface area contributed by atoms with E-state index in [1.165, 1.54) is 14.0 Å². The van der Waals surface area contributed by atoms with Crippen molar-refractivity contribution in [1.29, 1.82) is 0 Å². The van der Waals surface area contributed by atoms with Gasteiger partial charge in [0.15, 0.2) is 17.5 Å². The van der Waals surface area contributed by atoms with Gasteiger partial charge in [0.2, 0.25) is 5.91 Å². The Kier molecular flexibility index (Phi) is 6.16. The first-order chi connectivity index (χ1) is 9.86. The molecule has 2 amide bonds. The van der Waals surface area contributed by atoms with Gasteiger partial charge in [-0.25, -0.2) is 13.2 Å². The van der Waals surface area contributed by atoms with Crippen molar-refractivity contribution in [3.8, 4) is 0 Å². The minimum absolute atomic E-state index is 0.259. The maximum absolute atomic E-state index is 13.0. The van der Waals surface area contributed by atoms with Crippen molar-refractivity contribution in [2.24, 2.45) is 0 Å². The minimum atomic E-state index is -1.66. The number of methoxy groups -OCH3 is 1. The third-order valence-corrected chi connectivity index (χ3v) is 2.59. The summed E-state index contributed by atoms with van der Waals surface area (Å²) in [6.45, 7) is 1.96. The zero-order valence-electron chi connectivity index (χ0n) is 11.5. The first kappa shape index (κ1) is 17.0. The molecule has 0 radical (unpaired) electrons. The molecule has 116 valence electrons. The lowest BCUT2D eigenvalue weighted by atomic mass is 10.1. The van der Waals surface area contributed by atoms with Gasteiger partial charge in [0.1, 0.15) is 6.04 Å². The fourth-order valence-corrected chi connectivity index (χ4v) is 1.46. The maximum atomic E-state index is 13.0. The van der Waals surface area contributed by atoms with Crippen molar-refractivity contribution in [3.63, 3.8) is 0 Å². The molecule has 1 aromatic rings. The van der Waals surface area contributed by atoms with E-state index in [-0.39, 0.29) is 6.54 Å². The molecule has 8 heteroatoms. The van der Waals surface area contributed by atoms with Crippen LogP contribution in [-0.4, -0.2) is 38.1 Å². The molecule has 0 fully saturated rings. The number of nitrogens with one attached hydrogen (secondary N) is 2. The van der Waals surface area contributed by atoms with Gasteiger partial charge in [0.05, 0.1) is 6.61 Å². The Morgan fingerprint density at radius 3 is 2.33 bits per heavy atom. The highest BCUT2D eigenvalue weighted by molar-refractivity contribution is 5.97. The van der Waals surface area contributed by atoms with Crippen LogP contribution in [0.3, 0.4) is 0 Å². The van der Waals surface area contributed by atoms with Crippen LogP contribution >= 0.6 is 0 Å². The van der Waals surface area contributed by atoms with E-state index < -0.39 is 40.9 Å². The molecule has 1 atom stereocenters. The highest BCUT2D eigenvalue weighted by Gasteiger charge is 2.19. The average molecular weight is 304 g/mol. The highest BCUT2D eigenvalue weighted by Crippen LogP contribution is 2.13. The number of amides is 2. The van der Waals surface area contributed by atoms with Gasteiger partial charge in [-0.1, -0.05) is 0 Å². The molecule has 0 aliphatic carbocycles. The molecule has 1 aromatic carbocycles. The Labute approximate surface area is 119 Å². The summed E-state index contributed by atoms with van der Waals surface area (Å²) in [5.74, 6) is -5.97. The van der Waals surface area contributed by atoms with Crippen molar-refractivity contribution >= 4 is 11.8 Å². The number of carbonyl (C=O) groups excluding carboxylic acids is 2. The van der Waals surface area contributed by atoms with Gasteiger partial charge in [-0.3, -0.25) is 9.59 Å². The van der Waals surface area contributed by atoms with Crippen LogP contribution < -0.4 is 10.6 Å². The molecule has 0 spiro atoms. The lowest BCUT2D eigenvalue weighted by Gasteiger charge is -2.14. The van der Waals surface area contributed by atoms with Gasteiger partial charge in [0.25, 0.3) is 5.91 Å². The Morgan fingerprint density at radius 1 is 1.24 bits per heavy atom.